The number of aromatic carboxylic acids is 1. The van der Waals surface area contributed by atoms with E-state index in [-0.39, 0.29) is 0 Å². The van der Waals surface area contributed by atoms with Crippen molar-refractivity contribution in [3.63, 3.8) is 0 Å². The lowest BCUT2D eigenvalue weighted by Crippen LogP contribution is -1.96. The predicted molar refractivity (Wildman–Crippen MR) is 45.1 cm³/mol. The van der Waals surface area contributed by atoms with Crippen LogP contribution in [0.25, 0.3) is 0 Å². The van der Waals surface area contributed by atoms with Gasteiger partial charge in [0, 0.05) is 0 Å². The number of carbonyl (C=O) groups is 1. The molecule has 0 bridgehead atoms. The van der Waals surface area contributed by atoms with Gasteiger partial charge < -0.3 is 5.11 Å². The third-order valence-electron chi connectivity index (χ3n) is 2.17. The van der Waals surface area contributed by atoms with Crippen LogP contribution in [0.5, 0.6) is 0 Å². The third-order valence-corrected chi connectivity index (χ3v) is 2.17. The molecule has 0 saturated heterocycles. The van der Waals surface area contributed by atoms with Crippen LogP contribution >= 0.6 is 0 Å². The molecule has 0 atom stereocenters. The molecule has 0 amide bonds. The van der Waals surface area contributed by atoms with Crippen LogP contribution in [0.15, 0.2) is 18.2 Å². The number of fused-ring (bicyclic) bond motifs is 1. The fourth-order valence-electron chi connectivity index (χ4n) is 1.53. The van der Waals surface area contributed by atoms with Crippen molar-refractivity contribution in [2.24, 2.45) is 0 Å². The maximum atomic E-state index is 10.6. The summed E-state index contributed by atoms with van der Waals surface area (Å²) in [6.07, 6.45) is 4.18. The second-order valence-electron chi connectivity index (χ2n) is 2.96. The summed E-state index contributed by atoms with van der Waals surface area (Å²) >= 11 is 0. The molecular weight excluding hydrogens is 152 g/mol. The highest BCUT2D eigenvalue weighted by atomic mass is 16.4. The zero-order valence-electron chi connectivity index (χ0n) is 6.58. The number of benzene rings is 1. The van der Waals surface area contributed by atoms with Crippen LogP contribution in [0, 0.1) is 6.42 Å². The smallest absolute Gasteiger partial charge is 0.335 e. The topological polar surface area (TPSA) is 37.3 Å². The molecule has 1 N–H and O–H groups in total. The van der Waals surface area contributed by atoms with Crippen molar-refractivity contribution in [2.75, 3.05) is 0 Å². The maximum Gasteiger partial charge on any atom is 0.335 e. The Labute approximate surface area is 70.8 Å². The molecular formula is C10H9O2. The zero-order valence-corrected chi connectivity index (χ0v) is 6.58. The van der Waals surface area contributed by atoms with E-state index in [9.17, 15) is 4.79 Å². The Kier molecular flexibility index (Phi) is 1.61. The summed E-state index contributed by atoms with van der Waals surface area (Å²) < 4.78 is 0. The average molecular weight is 161 g/mol. The summed E-state index contributed by atoms with van der Waals surface area (Å²) in [5.41, 5.74) is 2.74. The van der Waals surface area contributed by atoms with Crippen LogP contribution in [-0.2, 0) is 6.42 Å². The standard InChI is InChI=1S/C10H9O2/c11-10(12)9-5-4-7-2-1-3-8(7)6-9/h3-6H,1-2H2,(H,11,12). The van der Waals surface area contributed by atoms with E-state index in [4.69, 9.17) is 5.11 Å². The van der Waals surface area contributed by atoms with Crippen LogP contribution in [0.3, 0.4) is 0 Å². The second kappa shape index (κ2) is 2.63. The lowest BCUT2D eigenvalue weighted by Gasteiger charge is -1.99. The Bertz CT molecular complexity index is 329. The van der Waals surface area contributed by atoms with Crippen molar-refractivity contribution in [2.45, 2.75) is 12.8 Å². The van der Waals surface area contributed by atoms with Gasteiger partial charge in [-0.3, -0.25) is 0 Å². The Hall–Kier alpha value is -1.31. The van der Waals surface area contributed by atoms with Crippen LogP contribution in [-0.4, -0.2) is 11.1 Å². The Morgan fingerprint density at radius 3 is 3.00 bits per heavy atom. The number of hydrogen-bond acceptors (Lipinski definition) is 1. The molecule has 0 saturated carbocycles. The summed E-state index contributed by atoms with van der Waals surface area (Å²) in [7, 11) is 0. The van der Waals surface area contributed by atoms with Crippen molar-refractivity contribution in [1.29, 1.82) is 0 Å². The highest BCUT2D eigenvalue weighted by Gasteiger charge is 2.12. The molecule has 0 fully saturated rings. The Morgan fingerprint density at radius 2 is 2.25 bits per heavy atom. The zero-order chi connectivity index (χ0) is 8.55. The van der Waals surface area contributed by atoms with Gasteiger partial charge in [-0.25, -0.2) is 4.79 Å². The molecule has 1 aliphatic carbocycles. The van der Waals surface area contributed by atoms with Crippen molar-refractivity contribution in [3.8, 4) is 0 Å². The van der Waals surface area contributed by atoms with Gasteiger partial charge in [-0.15, -0.1) is 0 Å². The van der Waals surface area contributed by atoms with Crippen LogP contribution in [0.2, 0.25) is 0 Å². The minimum Gasteiger partial charge on any atom is -0.478 e. The molecule has 2 heteroatoms. The molecule has 0 aliphatic heterocycles. The van der Waals surface area contributed by atoms with Gasteiger partial charge in [0.15, 0.2) is 0 Å². The maximum absolute atomic E-state index is 10.6. The SMILES string of the molecule is O=C(O)c1ccc2c(c1)[CH]CC2. The first-order valence-electron chi connectivity index (χ1n) is 3.97. The molecule has 0 unspecified atom stereocenters. The van der Waals surface area contributed by atoms with Gasteiger partial charge in [0.1, 0.15) is 0 Å². The molecule has 1 aromatic rings. The van der Waals surface area contributed by atoms with E-state index in [1.54, 1.807) is 12.1 Å². The largest absolute Gasteiger partial charge is 0.478 e. The van der Waals surface area contributed by atoms with Gasteiger partial charge in [0.25, 0.3) is 0 Å². The predicted octanol–water partition coefficient (Wildman–Crippen LogP) is 1.88. The van der Waals surface area contributed by atoms with Crippen molar-refractivity contribution in [1.82, 2.24) is 0 Å². The summed E-state index contributed by atoms with van der Waals surface area (Å²) in [6, 6.07) is 5.31. The minimum atomic E-state index is -0.849. The molecule has 0 heterocycles. The summed E-state index contributed by atoms with van der Waals surface area (Å²) in [5, 5.41) is 8.70. The first-order chi connectivity index (χ1) is 5.77. The lowest BCUT2D eigenvalue weighted by molar-refractivity contribution is 0.0697. The highest BCUT2D eigenvalue weighted by Crippen LogP contribution is 2.24. The van der Waals surface area contributed by atoms with Crippen molar-refractivity contribution < 1.29 is 9.90 Å². The first-order valence-corrected chi connectivity index (χ1v) is 3.97. The van der Waals surface area contributed by atoms with E-state index < -0.39 is 5.97 Å². The number of hydrogen-bond donors (Lipinski definition) is 1. The minimum absolute atomic E-state index is 0.381. The Balaban J connectivity index is 2.45. The molecule has 2 nitrogen and oxygen atoms in total. The van der Waals surface area contributed by atoms with E-state index >= 15 is 0 Å². The number of carboxylic acid groups (broad SMARTS) is 1. The second-order valence-corrected chi connectivity index (χ2v) is 2.96. The molecule has 1 aliphatic rings. The normalized spacial score (nSPS) is 14.3. The number of rotatable bonds is 1. The third kappa shape index (κ3) is 1.09. The summed E-state index contributed by atoms with van der Waals surface area (Å²) in [4.78, 5) is 10.6. The van der Waals surface area contributed by atoms with E-state index in [0.717, 1.165) is 18.4 Å². The molecule has 1 radical (unpaired) electrons. The highest BCUT2D eigenvalue weighted by molar-refractivity contribution is 5.88. The van der Waals surface area contributed by atoms with Gasteiger partial charge in [-0.1, -0.05) is 6.07 Å². The monoisotopic (exact) mass is 161 g/mol. The first kappa shape index (κ1) is 7.35. The Morgan fingerprint density at radius 1 is 1.42 bits per heavy atom. The van der Waals surface area contributed by atoms with Gasteiger partial charge in [0.2, 0.25) is 0 Å². The van der Waals surface area contributed by atoms with E-state index in [1.807, 2.05) is 6.07 Å². The van der Waals surface area contributed by atoms with Crippen molar-refractivity contribution in [3.05, 3.63) is 41.3 Å². The van der Waals surface area contributed by atoms with Crippen molar-refractivity contribution >= 4 is 5.97 Å². The summed E-state index contributed by atoms with van der Waals surface area (Å²) in [5.74, 6) is -0.849. The van der Waals surface area contributed by atoms with Gasteiger partial charge in [-0.05, 0) is 42.5 Å². The molecule has 12 heavy (non-hydrogen) atoms. The van der Waals surface area contributed by atoms with Crippen LogP contribution < -0.4 is 0 Å². The van der Waals surface area contributed by atoms with Gasteiger partial charge in [0.05, 0.1) is 5.56 Å². The van der Waals surface area contributed by atoms with Crippen LogP contribution in [0.4, 0.5) is 0 Å². The molecule has 1 aromatic carbocycles. The quantitative estimate of drug-likeness (QED) is 0.682. The van der Waals surface area contributed by atoms with Gasteiger partial charge >= 0.3 is 5.97 Å². The van der Waals surface area contributed by atoms with Gasteiger partial charge in [-0.2, -0.15) is 0 Å². The molecule has 2 rings (SSSR count). The number of aryl methyl sites for hydroxylation is 1. The van der Waals surface area contributed by atoms with Crippen LogP contribution in [0.1, 0.15) is 27.9 Å². The fraction of sp³-hybridized carbons (Fsp3) is 0.200. The summed E-state index contributed by atoms with van der Waals surface area (Å²) in [6.45, 7) is 0. The average Bonchev–Trinajstić information content (AvgIpc) is 2.49. The lowest BCUT2D eigenvalue weighted by atomic mass is 10.1. The molecule has 61 valence electrons. The van der Waals surface area contributed by atoms with E-state index in [1.165, 1.54) is 5.56 Å². The molecule has 0 spiro atoms. The fourth-order valence-corrected chi connectivity index (χ4v) is 1.53. The van der Waals surface area contributed by atoms with E-state index in [2.05, 4.69) is 6.42 Å². The van der Waals surface area contributed by atoms with E-state index in [0.29, 0.717) is 5.56 Å². The molecule has 0 aromatic heterocycles. The number of carboxylic acids is 1.